The molecule has 4 unspecified atom stereocenters. The Balaban J connectivity index is 0.000000134. The van der Waals surface area contributed by atoms with Gasteiger partial charge in [0.05, 0.1) is 79.9 Å². The van der Waals surface area contributed by atoms with E-state index in [1.54, 1.807) is 20.2 Å². The summed E-state index contributed by atoms with van der Waals surface area (Å²) in [7, 11) is 0. The van der Waals surface area contributed by atoms with Gasteiger partial charge >= 0.3 is 0 Å². The molecule has 4 N–H and O–H groups in total. The van der Waals surface area contributed by atoms with Crippen molar-refractivity contribution < 1.29 is 60.6 Å². The molecule has 0 saturated heterocycles. The Morgan fingerprint density at radius 2 is 0.597 bits per heavy atom. The van der Waals surface area contributed by atoms with Crippen molar-refractivity contribution in [1.82, 2.24) is 43.2 Å². The normalized spacial score (nSPS) is 12.2. The van der Waals surface area contributed by atoms with E-state index in [0.29, 0.717) is 12.8 Å². The smallest absolute Gasteiger partial charge is 0.105 e. The van der Waals surface area contributed by atoms with E-state index in [1.165, 1.54) is 110 Å². The second kappa shape index (κ2) is 45.6. The summed E-state index contributed by atoms with van der Waals surface area (Å²) in [6, 6.07) is 151. The molecule has 4 atom stereocenters. The van der Waals surface area contributed by atoms with Crippen molar-refractivity contribution in [3.63, 3.8) is 0 Å². The number of aliphatic hydroxyl groups excluding tert-OH is 4. The third-order valence-corrected chi connectivity index (χ3v) is 25.9. The molecule has 0 fully saturated rings. The van der Waals surface area contributed by atoms with Gasteiger partial charge in [0, 0.05) is 165 Å². The van der Waals surface area contributed by atoms with E-state index in [2.05, 4.69) is 371 Å². The minimum atomic E-state index is -0.443. The summed E-state index contributed by atoms with van der Waals surface area (Å²) in [5.41, 5.74) is 29.7. The van der Waals surface area contributed by atoms with Crippen LogP contribution < -0.4 is 0 Å². The number of pyridine rings is 1. The van der Waals surface area contributed by atoms with Gasteiger partial charge in [0.15, 0.2) is 0 Å². The van der Waals surface area contributed by atoms with Crippen LogP contribution >= 0.6 is 0 Å². The van der Waals surface area contributed by atoms with Crippen molar-refractivity contribution in [2.45, 2.75) is 119 Å². The van der Waals surface area contributed by atoms with Gasteiger partial charge in [-0.15, -0.1) is 71.8 Å². The van der Waals surface area contributed by atoms with Crippen LogP contribution in [0.4, 0.5) is 0 Å². The average Bonchev–Trinajstić information content (AvgIpc) is 1.57. The molecule has 144 heavy (non-hydrogen) atoms. The number of benzene rings is 16. The fourth-order valence-electron chi connectivity index (χ4n) is 18.4. The van der Waals surface area contributed by atoms with Gasteiger partial charge in [-0.25, -0.2) is 4.98 Å². The van der Waals surface area contributed by atoms with Crippen LogP contribution in [0.2, 0.25) is 0 Å². The standard InChI is InChI=1S/C41H27N3.C36H24N2.C22H15N2.C14H15N2.C11H24O2.C5H12O2.2Ir/c1-5-19-38-34(15-1)35-16-2-6-20-39(35)43(38)32-13-9-11-28(24-32)30-23-31(27-42-26-30)29-12-10-14-33(25-29)44-40-21-7-3-17-36(40)37-18-4-8-22-41(37)44;1-3-11-27(12-4-1)37-33-17-9-7-15-29(33)31-23-25(19-21-35(31)37)26-20-22-36-32(24-26)30-16-8-10-18-34(30)38(36)28-13-5-2-6-14-28;1-4-10-17(11-5-1)20-16-23-21(18-12-6-2-7-13-18)22(24-20)19-14-8-3-9-15-19;1-14(2,3)13-9-12(15-10-16-13)11-7-5-4-6-8-11;1-10(2,3)8(12)7-9(13)11(4,5)6;1-4(6)3-5(2)7;;/h1-27H;1-24H;1-12,14-16H;4-7,9-10H,1-3H3;8-9,12-13H,7H2,1-6H3;4-7H,3H2,1-2H3;;/q;;2*-1;;;;. The summed E-state index contributed by atoms with van der Waals surface area (Å²) in [6.07, 6.45) is 6.67. The van der Waals surface area contributed by atoms with Crippen LogP contribution in [-0.4, -0.2) is 88.0 Å². The topological polar surface area (TPSA) is 165 Å². The van der Waals surface area contributed by atoms with E-state index in [0.717, 1.165) is 84.4 Å². The number of aliphatic hydroxyl groups is 4. The number of hydrogen-bond donors (Lipinski definition) is 4. The first-order valence-corrected chi connectivity index (χ1v) is 48.6. The molecule has 23 rings (SSSR count). The first kappa shape index (κ1) is 102. The molecule has 15 heteroatoms. The molecule has 0 bridgehead atoms. The Morgan fingerprint density at radius 1 is 0.264 bits per heavy atom. The van der Waals surface area contributed by atoms with Crippen molar-refractivity contribution in [1.29, 1.82) is 0 Å². The molecule has 0 aliphatic heterocycles. The summed E-state index contributed by atoms with van der Waals surface area (Å²) < 4.78 is 9.46. The maximum Gasteiger partial charge on any atom is 0.105 e. The minimum Gasteiger partial charge on any atom is -0.393 e. The Morgan fingerprint density at radius 3 is 0.972 bits per heavy atom. The zero-order chi connectivity index (χ0) is 98.6. The van der Waals surface area contributed by atoms with Gasteiger partial charge < -0.3 is 43.7 Å². The SMILES string of the molecule is CC(C)(C)C(O)CC(O)C(C)(C)C.CC(C)(C)c1cc(-c2[c-]cccc2)ncn1.CC(O)CC(C)O.[Ir].[Ir].[c-]1ccccc1-c1ncc(-c2ccccc2)nc1-c1ccccc1.c1cc(-c2cncc(-c3cccc(-n4c5ccccc5c5ccccc54)c3)c2)cc(-n2c3ccccc3c3ccccc32)c1.c1ccc(-n2c3ccccc3c3cc(-c4ccc5c(c4)c4ccccc4n5-c4ccccc4)ccc32)cc1. The van der Waals surface area contributed by atoms with Crippen LogP contribution in [0, 0.1) is 23.0 Å². The molecular weight excluding hydrogens is 2120 g/mol. The molecule has 0 aliphatic rings. The quantitative estimate of drug-likeness (QED) is 0.0731. The maximum atomic E-state index is 9.76. The Hall–Kier alpha value is -14.8. The second-order valence-corrected chi connectivity index (χ2v) is 39.4. The largest absolute Gasteiger partial charge is 0.393 e. The van der Waals surface area contributed by atoms with Crippen LogP contribution in [0.15, 0.2) is 437 Å². The molecule has 0 aliphatic carbocycles. The van der Waals surface area contributed by atoms with Crippen molar-refractivity contribution in [2.75, 3.05) is 0 Å². The van der Waals surface area contributed by atoms with Crippen molar-refractivity contribution in [3.8, 4) is 101 Å². The van der Waals surface area contributed by atoms with Crippen LogP contribution in [0.5, 0.6) is 0 Å². The number of fused-ring (bicyclic) bond motifs is 12. The van der Waals surface area contributed by atoms with Crippen LogP contribution in [0.3, 0.4) is 0 Å². The van der Waals surface area contributed by atoms with E-state index in [-0.39, 0.29) is 68.7 Å². The first-order chi connectivity index (χ1) is 68.9. The fraction of sp³-hybridized carbons (Fsp3) is 0.155. The summed E-state index contributed by atoms with van der Waals surface area (Å²) in [4.78, 5) is 22.9. The maximum absolute atomic E-state index is 9.76. The number of hydrogen-bond acceptors (Lipinski definition) is 9. The van der Waals surface area contributed by atoms with Crippen LogP contribution in [0.25, 0.3) is 188 Å². The van der Waals surface area contributed by atoms with Crippen molar-refractivity contribution >= 4 is 87.2 Å². The summed E-state index contributed by atoms with van der Waals surface area (Å²) in [5.74, 6) is 0. The van der Waals surface area contributed by atoms with Gasteiger partial charge in [-0.2, -0.15) is 0 Å². The predicted molar refractivity (Wildman–Crippen MR) is 590 cm³/mol. The number of aromatic nitrogens is 9. The van der Waals surface area contributed by atoms with E-state index in [9.17, 15) is 10.2 Å². The van der Waals surface area contributed by atoms with E-state index < -0.39 is 12.2 Å². The van der Waals surface area contributed by atoms with Gasteiger partial charge in [-0.3, -0.25) is 15.0 Å². The molecule has 13 nitrogen and oxygen atoms in total. The molecule has 0 spiro atoms. The zero-order valence-corrected chi connectivity index (χ0v) is 87.6. The molecule has 722 valence electrons. The zero-order valence-electron chi connectivity index (χ0n) is 82.8. The summed E-state index contributed by atoms with van der Waals surface area (Å²) >= 11 is 0. The Kier molecular flexibility index (Phi) is 32.3. The molecule has 23 aromatic rings. The van der Waals surface area contributed by atoms with Gasteiger partial charge in [-0.1, -0.05) is 311 Å². The molecular formula is C129H117Ir2N9O4-2. The van der Waals surface area contributed by atoms with Gasteiger partial charge in [-0.05, 0) is 180 Å². The molecule has 7 heterocycles. The molecule has 0 amide bonds. The molecule has 0 saturated carbocycles. The summed E-state index contributed by atoms with van der Waals surface area (Å²) in [6.45, 7) is 21.6. The minimum absolute atomic E-state index is 0. The van der Waals surface area contributed by atoms with Crippen molar-refractivity contribution in [3.05, 3.63) is 455 Å². The number of nitrogens with zero attached hydrogens (tertiary/aromatic N) is 9. The van der Waals surface area contributed by atoms with E-state index in [1.807, 2.05) is 163 Å². The third kappa shape index (κ3) is 23.1. The van der Waals surface area contributed by atoms with Gasteiger partial charge in [0.2, 0.25) is 0 Å². The Labute approximate surface area is 870 Å². The average molecular weight is 2240 g/mol. The van der Waals surface area contributed by atoms with E-state index >= 15 is 0 Å². The van der Waals surface area contributed by atoms with E-state index in [4.69, 9.17) is 25.2 Å². The molecule has 2 radical (unpaired) electrons. The number of para-hydroxylation sites is 8. The second-order valence-electron chi connectivity index (χ2n) is 39.4. The fourth-order valence-corrected chi connectivity index (χ4v) is 18.4. The third-order valence-electron chi connectivity index (χ3n) is 25.9. The van der Waals surface area contributed by atoms with Gasteiger partial charge in [0.25, 0.3) is 0 Å². The van der Waals surface area contributed by atoms with Gasteiger partial charge in [0.1, 0.15) is 6.33 Å². The van der Waals surface area contributed by atoms with Crippen molar-refractivity contribution in [2.24, 2.45) is 10.8 Å². The Bertz CT molecular complexity index is 7810. The number of rotatable bonds is 15. The monoisotopic (exact) mass is 2240 g/mol. The van der Waals surface area contributed by atoms with Crippen LogP contribution in [-0.2, 0) is 45.6 Å². The summed E-state index contributed by atoms with van der Waals surface area (Å²) in [5, 5.41) is 46.8. The van der Waals surface area contributed by atoms with Crippen LogP contribution in [0.1, 0.15) is 94.7 Å². The molecule has 7 aromatic heterocycles. The first-order valence-electron chi connectivity index (χ1n) is 48.6. The predicted octanol–water partition coefficient (Wildman–Crippen LogP) is 31.0. The molecule has 16 aromatic carbocycles.